The van der Waals surface area contributed by atoms with E-state index in [0.717, 1.165) is 12.7 Å². The maximum absolute atomic E-state index is 13.7. The van der Waals surface area contributed by atoms with E-state index >= 15 is 0 Å². The number of carbonyl (C=O) groups excluding carboxylic acids is 3. The topological polar surface area (TPSA) is 134 Å². The maximum Gasteiger partial charge on any atom is 0.423 e. The third kappa shape index (κ3) is 5.35. The molecule has 1 aromatic carbocycles. The van der Waals surface area contributed by atoms with Gasteiger partial charge in [-0.3, -0.25) is 9.59 Å². The van der Waals surface area contributed by atoms with Crippen LogP contribution in [0.3, 0.4) is 0 Å². The molecule has 3 N–H and O–H groups in total. The first-order chi connectivity index (χ1) is 17.2. The van der Waals surface area contributed by atoms with Crippen molar-refractivity contribution in [1.29, 1.82) is 0 Å². The van der Waals surface area contributed by atoms with Crippen LogP contribution in [0.15, 0.2) is 34.9 Å². The summed E-state index contributed by atoms with van der Waals surface area (Å²) in [6, 6.07) is 4.08. The Morgan fingerprint density at radius 2 is 2.00 bits per heavy atom. The number of ether oxygens (including phenoxy) is 2. The normalized spacial score (nSPS) is 23.2. The number of rotatable bonds is 9. The van der Waals surface area contributed by atoms with Gasteiger partial charge in [0, 0.05) is 13.0 Å². The molecule has 1 heterocycles. The Hall–Kier alpha value is -3.08. The fourth-order valence-electron chi connectivity index (χ4n) is 5.21. The summed E-state index contributed by atoms with van der Waals surface area (Å²) in [5.74, 6) is -5.31. The van der Waals surface area contributed by atoms with E-state index in [0.29, 0.717) is 34.5 Å². The van der Waals surface area contributed by atoms with Crippen molar-refractivity contribution in [2.45, 2.75) is 38.7 Å². The lowest BCUT2D eigenvalue weighted by Gasteiger charge is -2.36. The summed E-state index contributed by atoms with van der Waals surface area (Å²) in [5, 5.41) is 30.9. The zero-order chi connectivity index (χ0) is 26.6. The average Bonchev–Trinajstić information content (AvgIpc) is 3.11. The summed E-state index contributed by atoms with van der Waals surface area (Å²) < 4.78 is 23.6. The van der Waals surface area contributed by atoms with Gasteiger partial charge >= 0.3 is 6.09 Å². The predicted molar refractivity (Wildman–Crippen MR) is 127 cm³/mol. The van der Waals surface area contributed by atoms with Crippen molar-refractivity contribution < 1.29 is 43.6 Å². The number of benzene rings is 1. The molecule has 196 valence electrons. The number of halogens is 1. The minimum Gasteiger partial charge on any atom is -0.505 e. The molecule has 9 nitrogen and oxygen atoms in total. The standard InChI is InChI=1S/C26H32FNO8/c1-4-14(9-15-6-7-20(30)19(27)10-15)5-8-21(31)22-16(13-35-2)11-17-23(18(22)12-29)25(33)28(24(17)32)26(34)36-3/h6-7,9-10,17-18,21,23,29-31H,4-5,8,11-13H2,1-3H3/b14-9+/t17-,18+,21-,23-/m1/s1. The number of phenols is 1. The molecule has 3 rings (SSSR count). The number of amides is 3. The van der Waals surface area contributed by atoms with Gasteiger partial charge < -0.3 is 24.8 Å². The lowest BCUT2D eigenvalue weighted by molar-refractivity contribution is -0.137. The van der Waals surface area contributed by atoms with Crippen LogP contribution >= 0.6 is 0 Å². The third-order valence-corrected chi connectivity index (χ3v) is 6.95. The van der Waals surface area contributed by atoms with E-state index in [9.17, 15) is 34.1 Å². The molecule has 36 heavy (non-hydrogen) atoms. The highest BCUT2D eigenvalue weighted by molar-refractivity contribution is 6.16. The number of allylic oxidation sites excluding steroid dienone is 1. The highest BCUT2D eigenvalue weighted by Crippen LogP contribution is 2.46. The molecule has 0 radical (unpaired) electrons. The van der Waals surface area contributed by atoms with Crippen molar-refractivity contribution in [3.63, 3.8) is 0 Å². The Morgan fingerprint density at radius 1 is 1.28 bits per heavy atom. The van der Waals surface area contributed by atoms with Gasteiger partial charge in [0.05, 0.1) is 38.3 Å². The minimum absolute atomic E-state index is 0.0923. The first-order valence-electron chi connectivity index (χ1n) is 11.8. The van der Waals surface area contributed by atoms with E-state index in [-0.39, 0.29) is 19.4 Å². The van der Waals surface area contributed by atoms with E-state index in [1.54, 1.807) is 12.1 Å². The molecule has 1 aliphatic heterocycles. The smallest absolute Gasteiger partial charge is 0.423 e. The molecule has 0 saturated carbocycles. The van der Waals surface area contributed by atoms with Gasteiger partial charge in [0.2, 0.25) is 11.8 Å². The van der Waals surface area contributed by atoms with Crippen LogP contribution in [0.25, 0.3) is 6.08 Å². The van der Waals surface area contributed by atoms with E-state index in [1.165, 1.54) is 19.2 Å². The highest BCUT2D eigenvalue weighted by Gasteiger charge is 2.57. The fourth-order valence-corrected chi connectivity index (χ4v) is 5.21. The van der Waals surface area contributed by atoms with E-state index in [4.69, 9.17) is 4.74 Å². The van der Waals surface area contributed by atoms with Gasteiger partial charge in [0.15, 0.2) is 11.6 Å². The summed E-state index contributed by atoms with van der Waals surface area (Å²) in [7, 11) is 2.54. The number of fused-ring (bicyclic) bond motifs is 1. The van der Waals surface area contributed by atoms with Crippen LogP contribution in [0.4, 0.5) is 9.18 Å². The molecule has 3 amide bonds. The number of hydrogen-bond donors (Lipinski definition) is 3. The number of aliphatic hydroxyl groups excluding tert-OH is 2. The Kier molecular flexibility index (Phi) is 8.99. The molecule has 0 bridgehead atoms. The van der Waals surface area contributed by atoms with Crippen LogP contribution in [-0.4, -0.2) is 71.7 Å². The first-order valence-corrected chi connectivity index (χ1v) is 11.8. The number of hydrogen-bond acceptors (Lipinski definition) is 8. The maximum atomic E-state index is 13.7. The van der Waals surface area contributed by atoms with Crippen LogP contribution in [0.1, 0.15) is 38.2 Å². The Bertz CT molecular complexity index is 1080. The van der Waals surface area contributed by atoms with Gasteiger partial charge in [-0.15, -0.1) is 0 Å². The Labute approximate surface area is 208 Å². The molecule has 0 aromatic heterocycles. The van der Waals surface area contributed by atoms with Gasteiger partial charge in [-0.25, -0.2) is 9.18 Å². The molecule has 1 aliphatic carbocycles. The van der Waals surface area contributed by atoms with Gasteiger partial charge in [-0.2, -0.15) is 4.90 Å². The molecule has 4 atom stereocenters. The molecule has 2 aliphatic rings. The highest BCUT2D eigenvalue weighted by atomic mass is 19.1. The first kappa shape index (κ1) is 27.5. The predicted octanol–water partition coefficient (Wildman–Crippen LogP) is 2.79. The summed E-state index contributed by atoms with van der Waals surface area (Å²) >= 11 is 0. The molecule has 0 spiro atoms. The van der Waals surface area contributed by atoms with Crippen molar-refractivity contribution in [1.82, 2.24) is 4.90 Å². The van der Waals surface area contributed by atoms with Gasteiger partial charge in [-0.05, 0) is 54.5 Å². The monoisotopic (exact) mass is 505 g/mol. The lowest BCUT2D eigenvalue weighted by atomic mass is 9.68. The Balaban J connectivity index is 1.87. The average molecular weight is 506 g/mol. The number of aliphatic hydroxyl groups is 2. The van der Waals surface area contributed by atoms with E-state index in [1.807, 2.05) is 6.92 Å². The van der Waals surface area contributed by atoms with Crippen molar-refractivity contribution in [3.8, 4) is 5.75 Å². The second-order valence-electron chi connectivity index (χ2n) is 9.02. The second-order valence-corrected chi connectivity index (χ2v) is 9.02. The van der Waals surface area contributed by atoms with Crippen LogP contribution in [0.2, 0.25) is 0 Å². The molecular weight excluding hydrogens is 473 g/mol. The number of likely N-dealkylation sites (tertiary alicyclic amines) is 1. The zero-order valence-corrected chi connectivity index (χ0v) is 20.6. The van der Waals surface area contributed by atoms with Crippen molar-refractivity contribution in [3.05, 3.63) is 46.3 Å². The summed E-state index contributed by atoms with van der Waals surface area (Å²) in [5.41, 5.74) is 2.55. The molecule has 10 heteroatoms. The lowest BCUT2D eigenvalue weighted by Crippen LogP contribution is -2.40. The number of aromatic hydroxyl groups is 1. The van der Waals surface area contributed by atoms with Gasteiger partial charge in [0.1, 0.15) is 0 Å². The SMILES string of the molecule is CC/C(=C\c1ccc(O)c(F)c1)CC[C@@H](O)C1=C(COC)C[C@H]2C(=O)N(C(=O)OC)C(=O)[C@H]2[C@H]1CO. The molecule has 1 fully saturated rings. The molecular formula is C26H32FNO8. The van der Waals surface area contributed by atoms with Crippen molar-refractivity contribution in [2.24, 2.45) is 17.8 Å². The number of imide groups is 3. The molecule has 1 saturated heterocycles. The quantitative estimate of drug-likeness (QED) is 0.345. The second kappa shape index (κ2) is 11.8. The number of phenolic OH excluding ortho intramolecular Hbond substituents is 1. The third-order valence-electron chi connectivity index (χ3n) is 6.95. The van der Waals surface area contributed by atoms with Crippen LogP contribution in [-0.2, 0) is 19.1 Å². The summed E-state index contributed by atoms with van der Waals surface area (Å²) in [4.78, 5) is 38.4. The minimum atomic E-state index is -1.07. The summed E-state index contributed by atoms with van der Waals surface area (Å²) in [6.07, 6.45) is 1.10. The van der Waals surface area contributed by atoms with Gasteiger partial charge in [0.25, 0.3) is 0 Å². The van der Waals surface area contributed by atoms with E-state index < -0.39 is 59.9 Å². The zero-order valence-electron chi connectivity index (χ0n) is 20.6. The van der Waals surface area contributed by atoms with Gasteiger partial charge in [-0.1, -0.05) is 24.6 Å². The number of methoxy groups -OCH3 is 2. The molecule has 0 unspecified atom stereocenters. The van der Waals surface area contributed by atoms with Crippen LogP contribution in [0.5, 0.6) is 5.75 Å². The van der Waals surface area contributed by atoms with E-state index in [2.05, 4.69) is 4.74 Å². The van der Waals surface area contributed by atoms with Crippen LogP contribution < -0.4 is 0 Å². The Morgan fingerprint density at radius 3 is 2.58 bits per heavy atom. The summed E-state index contributed by atoms with van der Waals surface area (Å²) in [6.45, 7) is 1.52. The molecule has 1 aromatic rings. The van der Waals surface area contributed by atoms with Crippen LogP contribution in [0, 0.1) is 23.6 Å². The van der Waals surface area contributed by atoms with Crippen molar-refractivity contribution in [2.75, 3.05) is 27.4 Å². The fraction of sp³-hybridized carbons (Fsp3) is 0.500. The number of nitrogens with zero attached hydrogens (tertiary/aromatic N) is 1. The number of carbonyl (C=O) groups is 3. The van der Waals surface area contributed by atoms with Crippen molar-refractivity contribution >= 4 is 24.0 Å². The largest absolute Gasteiger partial charge is 0.505 e.